The highest BCUT2D eigenvalue weighted by atomic mass is 32.1. The predicted octanol–water partition coefficient (Wildman–Crippen LogP) is 5.98. The molecular formula is C27H22N4O3S. The second kappa shape index (κ2) is 9.52. The van der Waals surface area contributed by atoms with Crippen LogP contribution in [0.15, 0.2) is 84.5 Å². The van der Waals surface area contributed by atoms with Crippen molar-refractivity contribution >= 4 is 39.4 Å². The van der Waals surface area contributed by atoms with Crippen LogP contribution >= 0.6 is 11.3 Å². The van der Waals surface area contributed by atoms with Gasteiger partial charge in [-0.2, -0.15) is 0 Å². The predicted molar refractivity (Wildman–Crippen MR) is 137 cm³/mol. The Hall–Kier alpha value is -4.30. The van der Waals surface area contributed by atoms with Gasteiger partial charge in [0.25, 0.3) is 5.91 Å². The zero-order chi connectivity index (χ0) is 24.4. The molecule has 0 saturated heterocycles. The van der Waals surface area contributed by atoms with E-state index in [9.17, 15) is 14.7 Å². The zero-order valence-corrected chi connectivity index (χ0v) is 19.7. The molecule has 1 amide bonds. The third-order valence-corrected chi connectivity index (χ3v) is 6.63. The fraction of sp³-hybridized carbons (Fsp3) is 0.111. The number of hydrogen-bond donors (Lipinski definition) is 2. The average Bonchev–Trinajstić information content (AvgIpc) is 3.51. The van der Waals surface area contributed by atoms with E-state index in [0.717, 1.165) is 27.0 Å². The van der Waals surface area contributed by atoms with Crippen LogP contribution in [-0.4, -0.2) is 31.5 Å². The van der Waals surface area contributed by atoms with Gasteiger partial charge in [0, 0.05) is 17.4 Å². The minimum atomic E-state index is -0.950. The summed E-state index contributed by atoms with van der Waals surface area (Å²) >= 11 is 1.57. The van der Waals surface area contributed by atoms with E-state index in [1.54, 1.807) is 35.1 Å². The number of amides is 1. The van der Waals surface area contributed by atoms with Crippen molar-refractivity contribution in [3.63, 3.8) is 0 Å². The monoisotopic (exact) mass is 482 g/mol. The lowest BCUT2D eigenvalue weighted by atomic mass is 10.0. The molecule has 7 nitrogen and oxygen atoms in total. The molecular weight excluding hydrogens is 460 g/mol. The Balaban J connectivity index is 1.48. The maximum Gasteiger partial charge on any atom is 0.312 e. The van der Waals surface area contributed by atoms with Crippen LogP contribution in [0.4, 0.5) is 5.95 Å². The number of nitrogens with one attached hydrogen (secondary N) is 1. The number of carboxylic acid groups (broad SMARTS) is 1. The van der Waals surface area contributed by atoms with Gasteiger partial charge in [0.1, 0.15) is 5.92 Å². The van der Waals surface area contributed by atoms with Crippen LogP contribution in [0, 0.1) is 0 Å². The summed E-state index contributed by atoms with van der Waals surface area (Å²) in [6.07, 6.45) is 2.06. The Morgan fingerprint density at radius 1 is 1.03 bits per heavy atom. The number of aliphatic carboxylic acids is 1. The van der Waals surface area contributed by atoms with Crippen molar-refractivity contribution in [1.82, 2.24) is 14.5 Å². The molecule has 8 heteroatoms. The molecule has 2 heterocycles. The molecule has 2 N–H and O–H groups in total. The SMILES string of the molecule is CCC(C(=O)O)c1cn(-c2ccccc2)c(NC(=O)c2cccc(-c3ccc4ncsc4c3)c2)n1. The molecule has 0 aliphatic carbocycles. The Labute approximate surface area is 205 Å². The number of carbonyl (C=O) groups is 2. The van der Waals surface area contributed by atoms with Crippen LogP contribution in [0.2, 0.25) is 0 Å². The van der Waals surface area contributed by atoms with Gasteiger partial charge >= 0.3 is 5.97 Å². The number of nitrogens with zero attached hydrogens (tertiary/aromatic N) is 3. The van der Waals surface area contributed by atoms with E-state index in [0.29, 0.717) is 17.7 Å². The van der Waals surface area contributed by atoms with Gasteiger partial charge in [0.2, 0.25) is 5.95 Å². The summed E-state index contributed by atoms with van der Waals surface area (Å²) in [6, 6.07) is 22.8. The first kappa shape index (κ1) is 22.5. The molecule has 0 spiro atoms. The topological polar surface area (TPSA) is 97.1 Å². The maximum absolute atomic E-state index is 13.2. The quantitative estimate of drug-likeness (QED) is 0.297. The van der Waals surface area contributed by atoms with Crippen LogP contribution in [0.3, 0.4) is 0 Å². The lowest BCUT2D eigenvalue weighted by Gasteiger charge is -2.10. The van der Waals surface area contributed by atoms with Crippen molar-refractivity contribution in [3.05, 3.63) is 95.8 Å². The molecule has 1 atom stereocenters. The van der Waals surface area contributed by atoms with Crippen molar-refractivity contribution < 1.29 is 14.7 Å². The number of carbonyl (C=O) groups excluding carboxylic acids is 1. The van der Waals surface area contributed by atoms with E-state index in [1.807, 2.05) is 66.2 Å². The van der Waals surface area contributed by atoms with Crippen molar-refractivity contribution in [1.29, 1.82) is 0 Å². The van der Waals surface area contributed by atoms with E-state index in [-0.39, 0.29) is 11.9 Å². The smallest absolute Gasteiger partial charge is 0.312 e. The molecule has 5 rings (SSSR count). The van der Waals surface area contributed by atoms with Crippen LogP contribution < -0.4 is 5.32 Å². The third kappa shape index (κ3) is 4.56. The number of para-hydroxylation sites is 1. The molecule has 0 aliphatic heterocycles. The second-order valence-electron chi connectivity index (χ2n) is 8.06. The Morgan fingerprint density at radius 2 is 1.83 bits per heavy atom. The normalized spacial score (nSPS) is 11.9. The number of benzene rings is 3. The summed E-state index contributed by atoms with van der Waals surface area (Å²) in [5.41, 5.74) is 6.31. The molecule has 0 radical (unpaired) electrons. The molecule has 35 heavy (non-hydrogen) atoms. The summed E-state index contributed by atoms with van der Waals surface area (Å²) < 4.78 is 2.79. The highest BCUT2D eigenvalue weighted by molar-refractivity contribution is 7.16. The van der Waals surface area contributed by atoms with E-state index >= 15 is 0 Å². The number of carboxylic acids is 1. The van der Waals surface area contributed by atoms with Gasteiger partial charge in [0.15, 0.2) is 0 Å². The number of thiazole rings is 1. The first-order chi connectivity index (χ1) is 17.0. The average molecular weight is 483 g/mol. The number of fused-ring (bicyclic) bond motifs is 1. The fourth-order valence-corrected chi connectivity index (χ4v) is 4.71. The van der Waals surface area contributed by atoms with E-state index in [4.69, 9.17) is 0 Å². The van der Waals surface area contributed by atoms with Gasteiger partial charge < -0.3 is 5.11 Å². The molecule has 0 aliphatic rings. The van der Waals surface area contributed by atoms with Gasteiger partial charge in [-0.25, -0.2) is 9.97 Å². The minimum Gasteiger partial charge on any atom is -0.481 e. The van der Waals surface area contributed by atoms with Crippen LogP contribution in [0.1, 0.15) is 35.3 Å². The summed E-state index contributed by atoms with van der Waals surface area (Å²) in [5.74, 6) is -1.77. The van der Waals surface area contributed by atoms with Gasteiger partial charge in [-0.05, 0) is 53.9 Å². The van der Waals surface area contributed by atoms with Crippen molar-refractivity contribution in [2.24, 2.45) is 0 Å². The number of imidazole rings is 1. The number of hydrogen-bond acceptors (Lipinski definition) is 5. The largest absolute Gasteiger partial charge is 0.481 e. The standard InChI is InChI=1S/C27H22N4O3S/c1-2-21(26(33)34)23-15-31(20-9-4-3-5-10-20)27(29-23)30-25(32)19-8-6-7-17(13-19)18-11-12-22-24(14-18)35-16-28-22/h3-16,21H,2H2,1H3,(H,33,34)(H,29,30,32). The fourth-order valence-electron chi connectivity index (χ4n) is 4.00. The number of anilines is 1. The summed E-state index contributed by atoms with van der Waals surface area (Å²) in [6.45, 7) is 1.80. The molecule has 0 saturated carbocycles. The molecule has 0 bridgehead atoms. The van der Waals surface area contributed by atoms with Crippen molar-refractivity contribution in [2.45, 2.75) is 19.3 Å². The van der Waals surface area contributed by atoms with Gasteiger partial charge in [0.05, 0.1) is 21.4 Å². The molecule has 5 aromatic rings. The van der Waals surface area contributed by atoms with Crippen LogP contribution in [0.25, 0.3) is 27.0 Å². The van der Waals surface area contributed by atoms with Crippen LogP contribution in [-0.2, 0) is 4.79 Å². The number of rotatable bonds is 7. The van der Waals surface area contributed by atoms with E-state index < -0.39 is 11.9 Å². The van der Waals surface area contributed by atoms with Crippen molar-refractivity contribution in [2.75, 3.05) is 5.32 Å². The second-order valence-corrected chi connectivity index (χ2v) is 8.95. The van der Waals surface area contributed by atoms with Gasteiger partial charge in [-0.3, -0.25) is 19.5 Å². The maximum atomic E-state index is 13.2. The number of aromatic nitrogens is 3. The molecule has 174 valence electrons. The van der Waals surface area contributed by atoms with Crippen LogP contribution in [0.5, 0.6) is 0 Å². The lowest BCUT2D eigenvalue weighted by molar-refractivity contribution is -0.138. The first-order valence-corrected chi connectivity index (χ1v) is 12.0. The molecule has 1 unspecified atom stereocenters. The summed E-state index contributed by atoms with van der Waals surface area (Å²) in [7, 11) is 0. The summed E-state index contributed by atoms with van der Waals surface area (Å²) in [5, 5.41) is 12.5. The summed E-state index contributed by atoms with van der Waals surface area (Å²) in [4.78, 5) is 33.8. The van der Waals surface area contributed by atoms with Gasteiger partial charge in [-0.1, -0.05) is 43.3 Å². The Bertz CT molecular complexity index is 1520. The Morgan fingerprint density at radius 3 is 2.60 bits per heavy atom. The Kier molecular flexibility index (Phi) is 6.12. The van der Waals surface area contributed by atoms with E-state index in [1.165, 1.54) is 0 Å². The van der Waals surface area contributed by atoms with Gasteiger partial charge in [-0.15, -0.1) is 11.3 Å². The highest BCUT2D eigenvalue weighted by Crippen LogP contribution is 2.28. The van der Waals surface area contributed by atoms with E-state index in [2.05, 4.69) is 21.4 Å². The molecule has 2 aromatic heterocycles. The zero-order valence-electron chi connectivity index (χ0n) is 18.9. The molecule has 3 aromatic carbocycles. The first-order valence-electron chi connectivity index (χ1n) is 11.2. The van der Waals surface area contributed by atoms with Crippen molar-refractivity contribution in [3.8, 4) is 16.8 Å². The molecule has 0 fully saturated rings. The highest BCUT2D eigenvalue weighted by Gasteiger charge is 2.24. The lowest BCUT2D eigenvalue weighted by Crippen LogP contribution is -2.15. The third-order valence-electron chi connectivity index (χ3n) is 5.84. The minimum absolute atomic E-state index is 0.271.